The van der Waals surface area contributed by atoms with Crippen molar-refractivity contribution in [3.8, 4) is 0 Å². The molecule has 8 heteroatoms. The number of aliphatic imine (C=N–C) groups is 1. The number of ether oxygens (including phenoxy) is 1. The minimum Gasteiger partial charge on any atom is -0.462 e. The highest BCUT2D eigenvalue weighted by molar-refractivity contribution is 8.39. The van der Waals surface area contributed by atoms with Gasteiger partial charge in [0.25, 0.3) is 0 Å². The zero-order valence-electron chi connectivity index (χ0n) is 13.4. The van der Waals surface area contributed by atoms with Crippen LogP contribution >= 0.6 is 34.9 Å². The third-order valence-corrected chi connectivity index (χ3v) is 6.49. The number of esters is 1. The standard InChI is InChI=1S/C15H20N2O3S3/c1-4-10-9(3)23-13(12(10)14(19)20-5-2)17-11(18)8-22-15-16-6-7-21-15/h4-8H2,1-3H3,(H,17,18). The molecule has 0 spiro atoms. The van der Waals surface area contributed by atoms with Crippen molar-refractivity contribution in [2.75, 3.05) is 30.0 Å². The van der Waals surface area contributed by atoms with Gasteiger partial charge in [0.2, 0.25) is 5.91 Å². The molecule has 1 amide bonds. The molecule has 0 bridgehead atoms. The number of nitrogens with one attached hydrogen (secondary N) is 1. The number of anilines is 1. The van der Waals surface area contributed by atoms with E-state index in [1.54, 1.807) is 18.7 Å². The summed E-state index contributed by atoms with van der Waals surface area (Å²) in [5.74, 6) is 0.792. The van der Waals surface area contributed by atoms with Crippen LogP contribution in [0, 0.1) is 6.92 Å². The molecule has 23 heavy (non-hydrogen) atoms. The number of rotatable bonds is 6. The maximum Gasteiger partial charge on any atom is 0.341 e. The summed E-state index contributed by atoms with van der Waals surface area (Å²) < 4.78 is 6.10. The maximum atomic E-state index is 12.2. The van der Waals surface area contributed by atoms with Crippen molar-refractivity contribution >= 4 is 56.1 Å². The number of carbonyl (C=O) groups excluding carboxylic acids is 2. The first-order valence-electron chi connectivity index (χ1n) is 7.46. The Balaban J connectivity index is 2.08. The molecule has 126 valence electrons. The van der Waals surface area contributed by atoms with Gasteiger partial charge in [0.05, 0.1) is 24.5 Å². The van der Waals surface area contributed by atoms with E-state index in [0.717, 1.165) is 33.5 Å². The van der Waals surface area contributed by atoms with E-state index in [1.165, 1.54) is 23.1 Å². The SMILES string of the molecule is CCOC(=O)c1c(NC(=O)CSC2=NCCS2)sc(C)c1CC. The van der Waals surface area contributed by atoms with Gasteiger partial charge in [0.15, 0.2) is 0 Å². The summed E-state index contributed by atoms with van der Waals surface area (Å²) >= 11 is 4.55. The summed E-state index contributed by atoms with van der Waals surface area (Å²) in [5, 5.41) is 3.45. The highest BCUT2D eigenvalue weighted by Gasteiger charge is 2.23. The molecule has 1 aromatic rings. The van der Waals surface area contributed by atoms with Crippen molar-refractivity contribution in [3.63, 3.8) is 0 Å². The van der Waals surface area contributed by atoms with E-state index in [9.17, 15) is 9.59 Å². The van der Waals surface area contributed by atoms with Gasteiger partial charge in [-0.25, -0.2) is 4.79 Å². The van der Waals surface area contributed by atoms with Gasteiger partial charge in [0, 0.05) is 10.6 Å². The van der Waals surface area contributed by atoms with Gasteiger partial charge in [-0.3, -0.25) is 9.79 Å². The number of nitrogens with zero attached hydrogens (tertiary/aromatic N) is 1. The minimum atomic E-state index is -0.368. The average Bonchev–Trinajstić information content (AvgIpc) is 3.12. The number of thiophene rings is 1. The van der Waals surface area contributed by atoms with Crippen LogP contribution in [0.3, 0.4) is 0 Å². The molecule has 1 aromatic heterocycles. The number of amides is 1. The number of aryl methyl sites for hydroxylation is 1. The van der Waals surface area contributed by atoms with Gasteiger partial charge in [0.1, 0.15) is 9.38 Å². The zero-order chi connectivity index (χ0) is 16.8. The molecule has 1 aliphatic heterocycles. The van der Waals surface area contributed by atoms with Crippen molar-refractivity contribution in [1.29, 1.82) is 0 Å². The van der Waals surface area contributed by atoms with E-state index in [4.69, 9.17) is 4.74 Å². The predicted molar refractivity (Wildman–Crippen MR) is 100 cm³/mol. The predicted octanol–water partition coefficient (Wildman–Crippen LogP) is 3.57. The fraction of sp³-hybridized carbons (Fsp3) is 0.533. The third-order valence-electron chi connectivity index (χ3n) is 3.18. The number of hydrogen-bond acceptors (Lipinski definition) is 7. The van der Waals surface area contributed by atoms with Gasteiger partial charge < -0.3 is 10.1 Å². The van der Waals surface area contributed by atoms with Gasteiger partial charge in [-0.05, 0) is 25.8 Å². The first kappa shape index (κ1) is 18.4. The van der Waals surface area contributed by atoms with Crippen molar-refractivity contribution in [2.45, 2.75) is 27.2 Å². The molecule has 0 radical (unpaired) electrons. The second kappa shape index (κ2) is 8.75. The lowest BCUT2D eigenvalue weighted by atomic mass is 10.1. The zero-order valence-corrected chi connectivity index (χ0v) is 15.9. The van der Waals surface area contributed by atoms with E-state index >= 15 is 0 Å². The molecule has 2 heterocycles. The topological polar surface area (TPSA) is 67.8 Å². The molecule has 0 aromatic carbocycles. The molecule has 1 N–H and O–H groups in total. The van der Waals surface area contributed by atoms with Crippen LogP contribution in [0.4, 0.5) is 5.00 Å². The van der Waals surface area contributed by atoms with Crippen LogP contribution in [-0.4, -0.2) is 40.9 Å². The van der Waals surface area contributed by atoms with E-state index < -0.39 is 0 Å². The lowest BCUT2D eigenvalue weighted by Gasteiger charge is -2.07. The summed E-state index contributed by atoms with van der Waals surface area (Å²) in [6, 6.07) is 0. The van der Waals surface area contributed by atoms with Crippen molar-refractivity contribution in [3.05, 3.63) is 16.0 Å². The molecule has 0 unspecified atom stereocenters. The Labute approximate surface area is 148 Å². The Kier molecular flexibility index (Phi) is 6.98. The summed E-state index contributed by atoms with van der Waals surface area (Å²) in [4.78, 5) is 29.7. The average molecular weight is 373 g/mol. The molecule has 2 rings (SSSR count). The van der Waals surface area contributed by atoms with E-state index in [2.05, 4.69) is 10.3 Å². The summed E-state index contributed by atoms with van der Waals surface area (Å²) in [6.45, 7) is 6.87. The van der Waals surface area contributed by atoms with Crippen molar-refractivity contribution in [1.82, 2.24) is 0 Å². The Morgan fingerprint density at radius 3 is 2.78 bits per heavy atom. The van der Waals surface area contributed by atoms with Crippen molar-refractivity contribution < 1.29 is 14.3 Å². The molecule has 5 nitrogen and oxygen atoms in total. The van der Waals surface area contributed by atoms with Crippen LogP contribution in [-0.2, 0) is 16.0 Å². The Hall–Kier alpha value is -0.990. The second-order valence-electron chi connectivity index (χ2n) is 4.75. The summed E-state index contributed by atoms with van der Waals surface area (Å²) in [6.07, 6.45) is 0.731. The van der Waals surface area contributed by atoms with Crippen LogP contribution < -0.4 is 5.32 Å². The Morgan fingerprint density at radius 1 is 1.39 bits per heavy atom. The second-order valence-corrected chi connectivity index (χ2v) is 8.28. The molecule has 0 saturated carbocycles. The van der Waals surface area contributed by atoms with Crippen LogP contribution in [0.5, 0.6) is 0 Å². The Morgan fingerprint density at radius 2 is 2.17 bits per heavy atom. The van der Waals surface area contributed by atoms with Crippen LogP contribution in [0.25, 0.3) is 0 Å². The summed E-state index contributed by atoms with van der Waals surface area (Å²) in [5.41, 5.74) is 1.45. The van der Waals surface area contributed by atoms with Crippen molar-refractivity contribution in [2.24, 2.45) is 4.99 Å². The molecular formula is C15H20N2O3S3. The van der Waals surface area contributed by atoms with Crippen LogP contribution in [0.15, 0.2) is 4.99 Å². The first-order chi connectivity index (χ1) is 11.1. The molecule has 0 aliphatic carbocycles. The largest absolute Gasteiger partial charge is 0.462 e. The van der Waals surface area contributed by atoms with Gasteiger partial charge >= 0.3 is 5.97 Å². The normalized spacial score (nSPS) is 13.8. The van der Waals surface area contributed by atoms with E-state index in [1.807, 2.05) is 13.8 Å². The van der Waals surface area contributed by atoms with Gasteiger partial charge in [-0.15, -0.1) is 11.3 Å². The highest BCUT2D eigenvalue weighted by Crippen LogP contribution is 2.34. The monoisotopic (exact) mass is 372 g/mol. The maximum absolute atomic E-state index is 12.2. The molecule has 0 atom stereocenters. The highest BCUT2D eigenvalue weighted by atomic mass is 32.2. The number of hydrogen-bond donors (Lipinski definition) is 1. The Bertz CT molecular complexity index is 626. The van der Waals surface area contributed by atoms with E-state index in [0.29, 0.717) is 22.9 Å². The molecule has 1 aliphatic rings. The fourth-order valence-corrected chi connectivity index (χ4v) is 5.16. The number of thioether (sulfide) groups is 2. The van der Waals surface area contributed by atoms with E-state index in [-0.39, 0.29) is 11.9 Å². The third kappa shape index (κ3) is 4.74. The lowest BCUT2D eigenvalue weighted by Crippen LogP contribution is -2.17. The lowest BCUT2D eigenvalue weighted by molar-refractivity contribution is -0.113. The number of carbonyl (C=O) groups is 2. The quantitative estimate of drug-likeness (QED) is 0.773. The first-order valence-corrected chi connectivity index (χ1v) is 10.2. The van der Waals surface area contributed by atoms with Crippen LogP contribution in [0.1, 0.15) is 34.6 Å². The molecule has 0 saturated heterocycles. The minimum absolute atomic E-state index is 0.125. The smallest absolute Gasteiger partial charge is 0.341 e. The molecular weight excluding hydrogens is 352 g/mol. The fourth-order valence-electron chi connectivity index (χ4n) is 2.20. The van der Waals surface area contributed by atoms with Crippen LogP contribution in [0.2, 0.25) is 0 Å². The molecule has 0 fully saturated rings. The van der Waals surface area contributed by atoms with Gasteiger partial charge in [-0.2, -0.15) is 0 Å². The summed E-state index contributed by atoms with van der Waals surface area (Å²) in [7, 11) is 0. The van der Waals surface area contributed by atoms with Gasteiger partial charge in [-0.1, -0.05) is 30.4 Å².